The van der Waals surface area contributed by atoms with Gasteiger partial charge in [0.15, 0.2) is 5.96 Å². The molecule has 0 aliphatic rings. The van der Waals surface area contributed by atoms with E-state index < -0.39 is 0 Å². The van der Waals surface area contributed by atoms with Gasteiger partial charge in [0.1, 0.15) is 0 Å². The zero-order chi connectivity index (χ0) is 11.8. The van der Waals surface area contributed by atoms with Crippen LogP contribution in [0.4, 0.5) is 0 Å². The summed E-state index contributed by atoms with van der Waals surface area (Å²) in [7, 11) is 5.30. The first-order chi connectivity index (χ1) is 7.80. The highest BCUT2D eigenvalue weighted by Crippen LogP contribution is 2.05. The Labute approximate surface area is 120 Å². The normalized spacial score (nSPS) is 10.6. The Morgan fingerprint density at radius 1 is 1.35 bits per heavy atom. The molecule has 0 bridgehead atoms. The molecule has 17 heavy (non-hydrogen) atoms. The maximum atomic E-state index is 5.09. The van der Waals surface area contributed by atoms with Crippen LogP contribution >= 0.6 is 24.0 Å². The summed E-state index contributed by atoms with van der Waals surface area (Å²) in [5.74, 6) is 0.789. The van der Waals surface area contributed by atoms with E-state index in [1.54, 1.807) is 14.2 Å². The molecule has 0 atom stereocenters. The highest BCUT2D eigenvalue weighted by molar-refractivity contribution is 14.0. The quantitative estimate of drug-likeness (QED) is 0.495. The van der Waals surface area contributed by atoms with Crippen LogP contribution < -0.4 is 10.6 Å². The Bertz CT molecular complexity index is 355. The molecule has 0 spiro atoms. The predicted octanol–water partition coefficient (Wildman–Crippen LogP) is 1.75. The lowest BCUT2D eigenvalue weighted by Gasteiger charge is -2.09. The minimum absolute atomic E-state index is 0. The topological polar surface area (TPSA) is 45.7 Å². The average molecular weight is 349 g/mol. The molecular formula is C12H20IN3O. The number of guanidine groups is 1. The molecule has 0 aliphatic heterocycles. The van der Waals surface area contributed by atoms with Crippen LogP contribution in [0, 0.1) is 0 Å². The number of nitrogens with zero attached hydrogens (tertiary/aromatic N) is 1. The minimum Gasteiger partial charge on any atom is -0.380 e. The zero-order valence-corrected chi connectivity index (χ0v) is 12.8. The van der Waals surface area contributed by atoms with Crippen molar-refractivity contribution in [1.29, 1.82) is 0 Å². The lowest BCUT2D eigenvalue weighted by molar-refractivity contribution is 0.185. The Morgan fingerprint density at radius 2 is 2.06 bits per heavy atom. The summed E-state index contributed by atoms with van der Waals surface area (Å²) in [6, 6.07) is 8.29. The molecule has 0 saturated heterocycles. The van der Waals surface area contributed by atoms with Gasteiger partial charge in [0, 0.05) is 27.7 Å². The van der Waals surface area contributed by atoms with E-state index in [1.165, 1.54) is 11.1 Å². The molecule has 4 nitrogen and oxygen atoms in total. The fourth-order valence-corrected chi connectivity index (χ4v) is 1.46. The number of methoxy groups -OCH3 is 1. The van der Waals surface area contributed by atoms with Crippen molar-refractivity contribution in [2.75, 3.05) is 21.2 Å². The van der Waals surface area contributed by atoms with Crippen LogP contribution in [0.5, 0.6) is 0 Å². The van der Waals surface area contributed by atoms with Crippen LogP contribution in [0.3, 0.4) is 0 Å². The second-order valence-electron chi connectivity index (χ2n) is 3.43. The summed E-state index contributed by atoms with van der Waals surface area (Å²) in [5.41, 5.74) is 2.40. The molecule has 0 radical (unpaired) electrons. The average Bonchev–Trinajstić information content (AvgIpc) is 2.31. The summed E-state index contributed by atoms with van der Waals surface area (Å²) in [6.45, 7) is 1.40. The fourth-order valence-electron chi connectivity index (χ4n) is 1.46. The van der Waals surface area contributed by atoms with Crippen molar-refractivity contribution in [1.82, 2.24) is 10.6 Å². The Hall–Kier alpha value is -0.820. The number of hydrogen-bond acceptors (Lipinski definition) is 2. The molecule has 1 aromatic carbocycles. The van der Waals surface area contributed by atoms with Gasteiger partial charge in [-0.05, 0) is 11.1 Å². The van der Waals surface area contributed by atoms with Gasteiger partial charge in [-0.15, -0.1) is 24.0 Å². The van der Waals surface area contributed by atoms with Crippen LogP contribution in [0.1, 0.15) is 11.1 Å². The smallest absolute Gasteiger partial charge is 0.190 e. The molecule has 1 rings (SSSR count). The molecule has 0 fully saturated rings. The van der Waals surface area contributed by atoms with E-state index >= 15 is 0 Å². The van der Waals surface area contributed by atoms with E-state index in [-0.39, 0.29) is 24.0 Å². The highest BCUT2D eigenvalue weighted by atomic mass is 127. The number of hydrogen-bond donors (Lipinski definition) is 2. The van der Waals surface area contributed by atoms with Crippen LogP contribution in [0.15, 0.2) is 29.3 Å². The molecule has 0 aliphatic carbocycles. The number of aliphatic imine (C=N–C) groups is 1. The van der Waals surface area contributed by atoms with Gasteiger partial charge in [-0.25, -0.2) is 0 Å². The van der Waals surface area contributed by atoms with Gasteiger partial charge in [-0.3, -0.25) is 4.99 Å². The summed E-state index contributed by atoms with van der Waals surface area (Å²) in [5, 5.41) is 6.18. The molecule has 96 valence electrons. The SMILES string of the molecule is CN=C(NC)NCc1cccc(COC)c1.I. The Balaban J connectivity index is 0.00000256. The van der Waals surface area contributed by atoms with Crippen molar-refractivity contribution < 1.29 is 4.74 Å². The molecule has 0 amide bonds. The van der Waals surface area contributed by atoms with Crippen molar-refractivity contribution >= 4 is 29.9 Å². The number of nitrogens with one attached hydrogen (secondary N) is 2. The molecule has 0 heterocycles. The lowest BCUT2D eigenvalue weighted by Crippen LogP contribution is -2.34. The number of rotatable bonds is 4. The summed E-state index contributed by atoms with van der Waals surface area (Å²) < 4.78 is 5.09. The molecule has 0 aromatic heterocycles. The van der Waals surface area contributed by atoms with E-state index in [0.29, 0.717) is 6.61 Å². The van der Waals surface area contributed by atoms with E-state index in [9.17, 15) is 0 Å². The van der Waals surface area contributed by atoms with Gasteiger partial charge in [-0.1, -0.05) is 24.3 Å². The maximum Gasteiger partial charge on any atom is 0.190 e. The standard InChI is InChI=1S/C12H19N3O.HI/c1-13-12(14-2)15-8-10-5-4-6-11(7-10)9-16-3;/h4-7H,8-9H2,1-3H3,(H2,13,14,15);1H. The van der Waals surface area contributed by atoms with Crippen molar-refractivity contribution in [2.45, 2.75) is 13.2 Å². The monoisotopic (exact) mass is 349 g/mol. The predicted molar refractivity (Wildman–Crippen MR) is 81.8 cm³/mol. The highest BCUT2D eigenvalue weighted by Gasteiger charge is 1.97. The molecule has 5 heteroatoms. The van der Waals surface area contributed by atoms with Gasteiger partial charge < -0.3 is 15.4 Å². The number of benzene rings is 1. The minimum atomic E-state index is 0. The van der Waals surface area contributed by atoms with Crippen LogP contribution in [0.2, 0.25) is 0 Å². The van der Waals surface area contributed by atoms with Crippen molar-refractivity contribution in [3.63, 3.8) is 0 Å². The summed E-state index contributed by atoms with van der Waals surface area (Å²) in [4.78, 5) is 4.05. The van der Waals surface area contributed by atoms with Gasteiger partial charge in [0.2, 0.25) is 0 Å². The van der Waals surface area contributed by atoms with Gasteiger partial charge in [0.05, 0.1) is 6.61 Å². The van der Waals surface area contributed by atoms with Crippen molar-refractivity contribution in [2.24, 2.45) is 4.99 Å². The van der Waals surface area contributed by atoms with Crippen LogP contribution in [0.25, 0.3) is 0 Å². The van der Waals surface area contributed by atoms with Gasteiger partial charge in [-0.2, -0.15) is 0 Å². The first-order valence-corrected chi connectivity index (χ1v) is 5.25. The lowest BCUT2D eigenvalue weighted by atomic mass is 10.1. The van der Waals surface area contributed by atoms with E-state index in [0.717, 1.165) is 12.5 Å². The Kier molecular flexibility index (Phi) is 8.79. The second kappa shape index (κ2) is 9.23. The molecule has 1 aromatic rings. The molecular weight excluding hydrogens is 329 g/mol. The zero-order valence-electron chi connectivity index (χ0n) is 10.5. The summed E-state index contributed by atoms with van der Waals surface area (Å²) >= 11 is 0. The first kappa shape index (κ1) is 16.2. The third-order valence-corrected chi connectivity index (χ3v) is 2.22. The fraction of sp³-hybridized carbons (Fsp3) is 0.417. The van der Waals surface area contributed by atoms with E-state index in [1.807, 2.05) is 13.1 Å². The molecule has 2 N–H and O–H groups in total. The second-order valence-corrected chi connectivity index (χ2v) is 3.43. The van der Waals surface area contributed by atoms with Crippen molar-refractivity contribution in [3.05, 3.63) is 35.4 Å². The van der Waals surface area contributed by atoms with E-state index in [2.05, 4.69) is 33.8 Å². The largest absolute Gasteiger partial charge is 0.380 e. The first-order valence-electron chi connectivity index (χ1n) is 5.25. The molecule has 0 unspecified atom stereocenters. The maximum absolute atomic E-state index is 5.09. The number of halogens is 1. The third-order valence-electron chi connectivity index (χ3n) is 2.22. The summed E-state index contributed by atoms with van der Waals surface area (Å²) in [6.07, 6.45) is 0. The Morgan fingerprint density at radius 3 is 2.65 bits per heavy atom. The molecule has 0 saturated carbocycles. The van der Waals surface area contributed by atoms with Crippen molar-refractivity contribution in [3.8, 4) is 0 Å². The number of ether oxygens (including phenoxy) is 1. The third kappa shape index (κ3) is 5.88. The van der Waals surface area contributed by atoms with E-state index in [4.69, 9.17) is 4.74 Å². The van der Waals surface area contributed by atoms with Gasteiger partial charge in [0.25, 0.3) is 0 Å². The van der Waals surface area contributed by atoms with Crippen LogP contribution in [-0.4, -0.2) is 27.2 Å². The van der Waals surface area contributed by atoms with Gasteiger partial charge >= 0.3 is 0 Å². The van der Waals surface area contributed by atoms with Crippen LogP contribution in [-0.2, 0) is 17.9 Å².